The highest BCUT2D eigenvalue weighted by atomic mass is 32.1. The summed E-state index contributed by atoms with van der Waals surface area (Å²) in [5.74, 6) is 0. The Morgan fingerprint density at radius 3 is 2.88 bits per heavy atom. The van der Waals surface area contributed by atoms with Gasteiger partial charge in [0, 0.05) is 37.8 Å². The molecule has 2 aromatic rings. The lowest BCUT2D eigenvalue weighted by Gasteiger charge is -2.33. The van der Waals surface area contributed by atoms with Gasteiger partial charge in [0.15, 0.2) is 0 Å². The molecule has 4 nitrogen and oxygen atoms in total. The van der Waals surface area contributed by atoms with E-state index in [0.29, 0.717) is 0 Å². The molecule has 5 heteroatoms. The highest BCUT2D eigenvalue weighted by molar-refractivity contribution is 7.17. The Labute approximate surface area is 98.5 Å². The molecule has 0 aromatic carbocycles. The van der Waals surface area contributed by atoms with Crippen molar-refractivity contribution in [1.29, 1.82) is 0 Å². The normalized spacial score (nSPS) is 18.2. The van der Waals surface area contributed by atoms with Gasteiger partial charge in [-0.15, -0.1) is 11.3 Å². The van der Waals surface area contributed by atoms with Crippen molar-refractivity contribution in [2.45, 2.75) is 0 Å². The molecular formula is C11H14N4S. The first-order valence-corrected chi connectivity index (χ1v) is 6.33. The summed E-state index contributed by atoms with van der Waals surface area (Å²) < 4.78 is 1.18. The monoisotopic (exact) mass is 234 g/mol. The molecule has 1 saturated heterocycles. The maximum Gasteiger partial charge on any atom is 0.116 e. The maximum absolute atomic E-state index is 4.38. The predicted molar refractivity (Wildman–Crippen MR) is 67.1 cm³/mol. The second-order valence-electron chi connectivity index (χ2n) is 4.15. The molecule has 2 aromatic heterocycles. The van der Waals surface area contributed by atoms with E-state index in [9.17, 15) is 0 Å². The van der Waals surface area contributed by atoms with Gasteiger partial charge in [-0.1, -0.05) is 0 Å². The van der Waals surface area contributed by atoms with Crippen LogP contribution in [-0.2, 0) is 0 Å². The van der Waals surface area contributed by atoms with E-state index in [4.69, 9.17) is 0 Å². The Balaban J connectivity index is 1.94. The third-order valence-corrected chi connectivity index (χ3v) is 3.96. The highest BCUT2D eigenvalue weighted by Crippen LogP contribution is 2.30. The van der Waals surface area contributed by atoms with E-state index in [0.717, 1.165) is 31.7 Å². The Morgan fingerprint density at radius 2 is 2.06 bits per heavy atom. The summed E-state index contributed by atoms with van der Waals surface area (Å²) in [7, 11) is 2.17. The van der Waals surface area contributed by atoms with Crippen molar-refractivity contribution in [3.63, 3.8) is 0 Å². The van der Waals surface area contributed by atoms with Gasteiger partial charge >= 0.3 is 0 Å². The number of thiophene rings is 1. The van der Waals surface area contributed by atoms with Crippen LogP contribution in [0.1, 0.15) is 0 Å². The van der Waals surface area contributed by atoms with Gasteiger partial charge in [0.05, 0.1) is 10.4 Å². The number of likely N-dealkylation sites (N-methyl/N-ethyl adjacent to an activating group) is 1. The molecule has 3 rings (SSSR count). The van der Waals surface area contributed by atoms with Crippen LogP contribution in [0.25, 0.3) is 10.2 Å². The van der Waals surface area contributed by atoms with Crippen LogP contribution in [0.2, 0.25) is 0 Å². The Bertz CT molecular complexity index is 487. The molecule has 0 unspecified atom stereocenters. The molecule has 1 aliphatic heterocycles. The molecule has 0 amide bonds. The van der Waals surface area contributed by atoms with Crippen molar-refractivity contribution >= 4 is 27.2 Å². The van der Waals surface area contributed by atoms with Crippen molar-refractivity contribution < 1.29 is 0 Å². The average Bonchev–Trinajstić information content (AvgIpc) is 2.74. The second-order valence-corrected chi connectivity index (χ2v) is 5.06. The quantitative estimate of drug-likeness (QED) is 0.747. The van der Waals surface area contributed by atoms with Crippen LogP contribution in [0, 0.1) is 0 Å². The fraction of sp³-hybridized carbons (Fsp3) is 0.455. The summed E-state index contributed by atoms with van der Waals surface area (Å²) >= 11 is 1.73. The lowest BCUT2D eigenvalue weighted by atomic mass is 10.3. The first-order chi connectivity index (χ1) is 7.84. The molecule has 0 aliphatic carbocycles. The molecule has 0 spiro atoms. The van der Waals surface area contributed by atoms with Crippen LogP contribution in [0.15, 0.2) is 17.9 Å². The standard InChI is InChI=1S/C11H14N4S/c1-14-2-4-15(5-3-14)9-7-16-10-6-12-8-13-11(9)10/h6-8H,2-5H2,1H3. The minimum absolute atomic E-state index is 1.09. The third-order valence-electron chi connectivity index (χ3n) is 3.06. The second kappa shape index (κ2) is 3.99. The molecule has 0 atom stereocenters. The minimum atomic E-state index is 1.09. The van der Waals surface area contributed by atoms with E-state index in [1.165, 1.54) is 10.4 Å². The number of aromatic nitrogens is 2. The Kier molecular flexibility index (Phi) is 2.49. The third kappa shape index (κ3) is 1.66. The highest BCUT2D eigenvalue weighted by Gasteiger charge is 2.17. The van der Waals surface area contributed by atoms with E-state index < -0.39 is 0 Å². The minimum Gasteiger partial charge on any atom is -0.367 e. The molecule has 84 valence electrons. The van der Waals surface area contributed by atoms with Crippen molar-refractivity contribution in [2.24, 2.45) is 0 Å². The first kappa shape index (κ1) is 9.99. The van der Waals surface area contributed by atoms with Gasteiger partial charge in [-0.05, 0) is 7.05 Å². The van der Waals surface area contributed by atoms with Gasteiger partial charge in [-0.3, -0.25) is 0 Å². The van der Waals surface area contributed by atoms with Crippen LogP contribution in [-0.4, -0.2) is 48.1 Å². The van der Waals surface area contributed by atoms with Crippen molar-refractivity contribution in [3.8, 4) is 0 Å². The molecular weight excluding hydrogens is 220 g/mol. The number of nitrogens with zero attached hydrogens (tertiary/aromatic N) is 4. The number of piperazine rings is 1. The number of anilines is 1. The fourth-order valence-electron chi connectivity index (χ4n) is 2.04. The molecule has 0 radical (unpaired) electrons. The number of hydrogen-bond donors (Lipinski definition) is 0. The van der Waals surface area contributed by atoms with Gasteiger partial charge in [0.2, 0.25) is 0 Å². The molecule has 16 heavy (non-hydrogen) atoms. The van der Waals surface area contributed by atoms with Gasteiger partial charge in [0.25, 0.3) is 0 Å². The van der Waals surface area contributed by atoms with Gasteiger partial charge in [-0.25, -0.2) is 9.97 Å². The van der Waals surface area contributed by atoms with Crippen LogP contribution in [0.3, 0.4) is 0 Å². The molecule has 0 bridgehead atoms. The summed E-state index contributed by atoms with van der Waals surface area (Å²) in [4.78, 5) is 13.2. The molecule has 0 N–H and O–H groups in total. The van der Waals surface area contributed by atoms with E-state index in [2.05, 4.69) is 32.2 Å². The fourth-order valence-corrected chi connectivity index (χ4v) is 2.93. The number of fused-ring (bicyclic) bond motifs is 1. The summed E-state index contributed by atoms with van der Waals surface area (Å²) in [6.45, 7) is 4.43. The summed E-state index contributed by atoms with van der Waals surface area (Å²) in [5.41, 5.74) is 2.38. The summed E-state index contributed by atoms with van der Waals surface area (Å²) in [6.07, 6.45) is 3.53. The van der Waals surface area contributed by atoms with Gasteiger partial charge < -0.3 is 9.80 Å². The SMILES string of the molecule is CN1CCN(c2csc3cncnc23)CC1. The van der Waals surface area contributed by atoms with Crippen LogP contribution < -0.4 is 4.90 Å². The lowest BCUT2D eigenvalue weighted by molar-refractivity contribution is 0.313. The van der Waals surface area contributed by atoms with Crippen LogP contribution in [0.5, 0.6) is 0 Å². The van der Waals surface area contributed by atoms with E-state index in [1.807, 2.05) is 6.20 Å². The zero-order chi connectivity index (χ0) is 11.0. The van der Waals surface area contributed by atoms with E-state index >= 15 is 0 Å². The van der Waals surface area contributed by atoms with Crippen LogP contribution >= 0.6 is 11.3 Å². The zero-order valence-electron chi connectivity index (χ0n) is 9.26. The molecule has 0 saturated carbocycles. The van der Waals surface area contributed by atoms with Crippen molar-refractivity contribution in [1.82, 2.24) is 14.9 Å². The molecule has 1 fully saturated rings. The molecule has 3 heterocycles. The Morgan fingerprint density at radius 1 is 1.25 bits per heavy atom. The summed E-state index contributed by atoms with van der Waals surface area (Å²) in [5, 5.41) is 2.20. The first-order valence-electron chi connectivity index (χ1n) is 5.45. The Hall–Kier alpha value is -1.20. The molecule has 1 aliphatic rings. The topological polar surface area (TPSA) is 32.3 Å². The number of rotatable bonds is 1. The van der Waals surface area contributed by atoms with Crippen LogP contribution in [0.4, 0.5) is 5.69 Å². The van der Waals surface area contributed by atoms with E-state index in [1.54, 1.807) is 17.7 Å². The smallest absolute Gasteiger partial charge is 0.116 e. The lowest BCUT2D eigenvalue weighted by Crippen LogP contribution is -2.44. The van der Waals surface area contributed by atoms with E-state index in [-0.39, 0.29) is 0 Å². The number of hydrogen-bond acceptors (Lipinski definition) is 5. The van der Waals surface area contributed by atoms with Crippen molar-refractivity contribution in [3.05, 3.63) is 17.9 Å². The average molecular weight is 234 g/mol. The van der Waals surface area contributed by atoms with Gasteiger partial charge in [-0.2, -0.15) is 0 Å². The maximum atomic E-state index is 4.38. The zero-order valence-corrected chi connectivity index (χ0v) is 10.1. The predicted octanol–water partition coefficient (Wildman–Crippen LogP) is 1.44. The van der Waals surface area contributed by atoms with Crippen molar-refractivity contribution in [2.75, 3.05) is 38.1 Å². The largest absolute Gasteiger partial charge is 0.367 e. The van der Waals surface area contributed by atoms with Gasteiger partial charge in [0.1, 0.15) is 11.8 Å². The summed E-state index contributed by atoms with van der Waals surface area (Å²) in [6, 6.07) is 0.